The lowest BCUT2D eigenvalue weighted by molar-refractivity contribution is -0.138. The number of aromatic nitrogens is 2. The number of imide groups is 1. The van der Waals surface area contributed by atoms with Gasteiger partial charge in [-0.2, -0.15) is 0 Å². The Hall–Kier alpha value is -4.84. The quantitative estimate of drug-likeness (QED) is 0.143. The summed E-state index contributed by atoms with van der Waals surface area (Å²) in [6.45, 7) is 7.76. The zero-order valence-corrected chi connectivity index (χ0v) is 33.3. The maximum absolute atomic E-state index is 13.6. The molecule has 1 atom stereocenters. The van der Waals surface area contributed by atoms with Gasteiger partial charge in [0.05, 0.1) is 16.9 Å². The molecule has 4 fully saturated rings. The van der Waals surface area contributed by atoms with Crippen LogP contribution < -0.4 is 16.0 Å². The first-order valence-electron chi connectivity index (χ1n) is 20.7. The van der Waals surface area contributed by atoms with E-state index in [4.69, 9.17) is 16.6 Å². The van der Waals surface area contributed by atoms with Gasteiger partial charge in [-0.05, 0) is 112 Å². The molecule has 1 unspecified atom stereocenters. The smallest absolute Gasteiger partial charge is 0.249 e. The average Bonchev–Trinajstić information content (AvgIpc) is 3.25. The Kier molecular flexibility index (Phi) is 12.4. The second kappa shape index (κ2) is 18.2. The number of nitrogens with zero attached hydrogens (tertiary/aromatic N) is 5. The standard InChI is InChI=1S/C45H53ClN8O3/c46-39-30-47-45(51-42(39)36-8-4-7-35(29-36)31-5-2-1-3-6-31)49-38-19-25-54(26-20-38)44(57)34-17-23-53(24-18-34)28-27-52-21-15-33(16-22-52)32-9-11-37(12-10-32)48-40-13-14-41(55)50-43(40)56/h1-12,29-30,33-34,38,40,48H,13-28H2,(H,47,49,51)(H,50,55,56). The van der Waals surface area contributed by atoms with Gasteiger partial charge in [0.25, 0.3) is 0 Å². The van der Waals surface area contributed by atoms with Crippen LogP contribution in [0.1, 0.15) is 62.8 Å². The van der Waals surface area contributed by atoms with Crippen molar-refractivity contribution in [2.45, 2.75) is 69.4 Å². The zero-order chi connectivity index (χ0) is 39.1. The van der Waals surface area contributed by atoms with Crippen molar-refractivity contribution in [3.63, 3.8) is 0 Å². The molecule has 0 aliphatic carbocycles. The summed E-state index contributed by atoms with van der Waals surface area (Å²) in [7, 11) is 0. The molecule has 0 radical (unpaired) electrons. The fourth-order valence-electron chi connectivity index (χ4n) is 8.86. The molecule has 11 nitrogen and oxygen atoms in total. The van der Waals surface area contributed by atoms with Gasteiger partial charge in [-0.25, -0.2) is 9.97 Å². The molecule has 0 saturated carbocycles. The van der Waals surface area contributed by atoms with E-state index in [9.17, 15) is 14.4 Å². The number of anilines is 2. The maximum atomic E-state index is 13.6. The molecule has 298 valence electrons. The van der Waals surface area contributed by atoms with Crippen molar-refractivity contribution in [3.05, 3.63) is 95.6 Å². The monoisotopic (exact) mass is 788 g/mol. The summed E-state index contributed by atoms with van der Waals surface area (Å²) in [4.78, 5) is 53.7. The van der Waals surface area contributed by atoms with Crippen LogP contribution in [0.2, 0.25) is 5.02 Å². The van der Waals surface area contributed by atoms with E-state index in [1.165, 1.54) is 5.56 Å². The number of piperidine rings is 4. The molecular weight excluding hydrogens is 736 g/mol. The highest BCUT2D eigenvalue weighted by atomic mass is 35.5. The second-order valence-corrected chi connectivity index (χ2v) is 16.5. The lowest BCUT2D eigenvalue weighted by atomic mass is 9.89. The Bertz CT molecular complexity index is 2010. The van der Waals surface area contributed by atoms with E-state index < -0.39 is 0 Å². The number of rotatable bonds is 11. The van der Waals surface area contributed by atoms with E-state index in [1.54, 1.807) is 6.20 Å². The zero-order valence-electron chi connectivity index (χ0n) is 32.5. The summed E-state index contributed by atoms with van der Waals surface area (Å²) in [5.41, 5.74) is 6.16. The van der Waals surface area contributed by atoms with Crippen LogP contribution in [0.25, 0.3) is 22.4 Å². The lowest BCUT2D eigenvalue weighted by Crippen LogP contribution is -2.48. The van der Waals surface area contributed by atoms with Crippen LogP contribution in [0.5, 0.6) is 0 Å². The molecule has 0 bridgehead atoms. The summed E-state index contributed by atoms with van der Waals surface area (Å²) in [6.07, 6.45) is 8.43. The molecule has 12 heteroatoms. The van der Waals surface area contributed by atoms with E-state index in [-0.39, 0.29) is 29.8 Å². The fourth-order valence-corrected chi connectivity index (χ4v) is 9.06. The molecular formula is C45H53ClN8O3. The molecule has 3 N–H and O–H groups in total. The second-order valence-electron chi connectivity index (χ2n) is 16.1. The van der Waals surface area contributed by atoms with E-state index in [1.807, 2.05) is 30.3 Å². The van der Waals surface area contributed by atoms with Crippen molar-refractivity contribution in [2.75, 3.05) is 63.0 Å². The Labute approximate surface area is 340 Å². The number of carbonyl (C=O) groups excluding carboxylic acids is 3. The van der Waals surface area contributed by atoms with Gasteiger partial charge in [-0.3, -0.25) is 19.7 Å². The first kappa shape index (κ1) is 39.0. The van der Waals surface area contributed by atoms with Crippen LogP contribution in [0.3, 0.4) is 0 Å². The fraction of sp³-hybridized carbons (Fsp3) is 0.444. The first-order valence-corrected chi connectivity index (χ1v) is 21.1. The molecule has 3 amide bonds. The number of nitrogens with one attached hydrogen (secondary N) is 3. The number of carbonyl (C=O) groups is 3. The Morgan fingerprint density at radius 1 is 0.737 bits per heavy atom. The van der Waals surface area contributed by atoms with Crippen molar-refractivity contribution < 1.29 is 14.4 Å². The first-order chi connectivity index (χ1) is 27.8. The summed E-state index contributed by atoms with van der Waals surface area (Å²) < 4.78 is 0. The molecule has 8 rings (SSSR count). The van der Waals surface area contributed by atoms with Gasteiger partial charge in [0.2, 0.25) is 23.7 Å². The number of likely N-dealkylation sites (tertiary alicyclic amines) is 3. The topological polar surface area (TPSA) is 123 Å². The molecule has 4 aliphatic rings. The van der Waals surface area contributed by atoms with Gasteiger partial charge in [0.1, 0.15) is 6.04 Å². The molecule has 3 aromatic carbocycles. The maximum Gasteiger partial charge on any atom is 0.249 e. The average molecular weight is 789 g/mol. The van der Waals surface area contributed by atoms with Crippen LogP contribution in [-0.4, -0.2) is 107 Å². The molecule has 1 aromatic heterocycles. The third-order valence-corrected chi connectivity index (χ3v) is 12.6. The van der Waals surface area contributed by atoms with Crippen LogP contribution in [0.15, 0.2) is 85.1 Å². The molecule has 4 aliphatic heterocycles. The van der Waals surface area contributed by atoms with Crippen molar-refractivity contribution in [3.8, 4) is 22.4 Å². The Morgan fingerprint density at radius 3 is 2.11 bits per heavy atom. The third kappa shape index (κ3) is 9.83. The highest BCUT2D eigenvalue weighted by Gasteiger charge is 2.32. The Morgan fingerprint density at radius 2 is 1.40 bits per heavy atom. The molecule has 4 aromatic rings. The molecule has 4 saturated heterocycles. The normalized spacial score (nSPS) is 20.6. The predicted molar refractivity (Wildman–Crippen MR) is 225 cm³/mol. The van der Waals surface area contributed by atoms with E-state index in [2.05, 4.69) is 84.2 Å². The van der Waals surface area contributed by atoms with Crippen LogP contribution in [-0.2, 0) is 14.4 Å². The number of amides is 3. The van der Waals surface area contributed by atoms with Crippen molar-refractivity contribution >= 4 is 41.0 Å². The van der Waals surface area contributed by atoms with E-state index in [0.717, 1.165) is 113 Å². The minimum Gasteiger partial charge on any atom is -0.374 e. The van der Waals surface area contributed by atoms with Gasteiger partial charge in [0, 0.05) is 55.8 Å². The highest BCUT2D eigenvalue weighted by Crippen LogP contribution is 2.32. The number of benzene rings is 3. The van der Waals surface area contributed by atoms with Gasteiger partial charge < -0.3 is 25.3 Å². The summed E-state index contributed by atoms with van der Waals surface area (Å²) >= 11 is 6.60. The SMILES string of the molecule is O=C1CCC(Nc2ccc(C3CCN(CCN4CCC(C(=O)N5CCC(Nc6ncc(Cl)c(-c7cccc(-c8ccccc8)c7)n6)CC5)CC4)CC3)cc2)C(=O)N1. The number of hydrogen-bond donors (Lipinski definition) is 3. The van der Waals surface area contributed by atoms with E-state index in [0.29, 0.717) is 41.3 Å². The van der Waals surface area contributed by atoms with Crippen molar-refractivity contribution in [2.24, 2.45) is 5.92 Å². The minimum absolute atomic E-state index is 0.112. The van der Waals surface area contributed by atoms with Gasteiger partial charge in [-0.1, -0.05) is 72.3 Å². The highest BCUT2D eigenvalue weighted by molar-refractivity contribution is 6.32. The van der Waals surface area contributed by atoms with E-state index >= 15 is 0 Å². The lowest BCUT2D eigenvalue weighted by Gasteiger charge is -2.38. The number of hydrogen-bond acceptors (Lipinski definition) is 9. The molecule has 0 spiro atoms. The van der Waals surface area contributed by atoms with Crippen LogP contribution in [0.4, 0.5) is 11.6 Å². The van der Waals surface area contributed by atoms with Gasteiger partial charge in [0.15, 0.2) is 0 Å². The molecule has 5 heterocycles. The summed E-state index contributed by atoms with van der Waals surface area (Å²) in [5, 5.41) is 9.73. The van der Waals surface area contributed by atoms with Crippen LogP contribution in [0, 0.1) is 5.92 Å². The van der Waals surface area contributed by atoms with Gasteiger partial charge in [-0.15, -0.1) is 0 Å². The largest absolute Gasteiger partial charge is 0.374 e. The minimum atomic E-state index is -0.363. The molecule has 57 heavy (non-hydrogen) atoms. The summed E-state index contributed by atoms with van der Waals surface area (Å²) in [6, 6.07) is 26.8. The van der Waals surface area contributed by atoms with Gasteiger partial charge >= 0.3 is 0 Å². The predicted octanol–water partition coefficient (Wildman–Crippen LogP) is 6.68. The van der Waals surface area contributed by atoms with Crippen LogP contribution >= 0.6 is 11.6 Å². The van der Waals surface area contributed by atoms with Crippen molar-refractivity contribution in [1.82, 2.24) is 30.0 Å². The van der Waals surface area contributed by atoms with Crippen molar-refractivity contribution in [1.29, 1.82) is 0 Å². The Balaban J connectivity index is 0.732. The number of halogens is 1. The summed E-state index contributed by atoms with van der Waals surface area (Å²) in [5.74, 6) is 1.09. The third-order valence-electron chi connectivity index (χ3n) is 12.3.